The second-order valence-corrected chi connectivity index (χ2v) is 5.37. The average Bonchev–Trinajstić information content (AvgIpc) is 2.47. The van der Waals surface area contributed by atoms with Gasteiger partial charge in [-0.05, 0) is 42.7 Å². The lowest BCUT2D eigenvalue weighted by atomic mass is 9.93. The van der Waals surface area contributed by atoms with Crippen molar-refractivity contribution in [2.45, 2.75) is 19.3 Å². The molecule has 0 aliphatic rings. The van der Waals surface area contributed by atoms with Gasteiger partial charge in [0.1, 0.15) is 0 Å². The summed E-state index contributed by atoms with van der Waals surface area (Å²) < 4.78 is 5.16. The van der Waals surface area contributed by atoms with E-state index in [4.69, 9.17) is 27.9 Å². The summed E-state index contributed by atoms with van der Waals surface area (Å²) in [5.74, 6) is -0.714. The minimum Gasteiger partial charge on any atom is -0.466 e. The molecule has 0 spiro atoms. The fourth-order valence-electron chi connectivity index (χ4n) is 2.07. The van der Waals surface area contributed by atoms with Gasteiger partial charge in [0.05, 0.1) is 12.5 Å². The molecule has 5 heteroatoms. The summed E-state index contributed by atoms with van der Waals surface area (Å²) in [4.78, 5) is 16.3. The molecule has 2 rings (SSSR count). The molecule has 1 aromatic carbocycles. The first kappa shape index (κ1) is 15.8. The van der Waals surface area contributed by atoms with Crippen molar-refractivity contribution in [3.8, 4) is 0 Å². The summed E-state index contributed by atoms with van der Waals surface area (Å²) in [6, 6.07) is 8.91. The molecule has 0 aliphatic heterocycles. The molecule has 21 heavy (non-hydrogen) atoms. The van der Waals surface area contributed by atoms with Gasteiger partial charge in [0.15, 0.2) is 0 Å². The maximum Gasteiger partial charge on any atom is 0.313 e. The minimum absolute atomic E-state index is 0.281. The van der Waals surface area contributed by atoms with Gasteiger partial charge < -0.3 is 4.74 Å². The molecule has 0 saturated heterocycles. The third-order valence-corrected chi connectivity index (χ3v) is 3.68. The molecule has 1 aromatic heterocycles. The van der Waals surface area contributed by atoms with Gasteiger partial charge in [-0.15, -0.1) is 0 Å². The predicted molar refractivity (Wildman–Crippen MR) is 83.8 cm³/mol. The third kappa shape index (κ3) is 4.19. The topological polar surface area (TPSA) is 39.2 Å². The highest BCUT2D eigenvalue weighted by Gasteiger charge is 2.23. The normalized spacial score (nSPS) is 12.0. The van der Waals surface area contributed by atoms with Crippen molar-refractivity contribution in [1.29, 1.82) is 0 Å². The molecule has 0 aliphatic carbocycles. The van der Waals surface area contributed by atoms with Crippen LogP contribution >= 0.6 is 23.2 Å². The molecule has 0 bridgehead atoms. The number of pyridine rings is 1. The van der Waals surface area contributed by atoms with E-state index in [2.05, 4.69) is 4.98 Å². The van der Waals surface area contributed by atoms with E-state index in [9.17, 15) is 4.79 Å². The molecule has 0 N–H and O–H groups in total. The molecule has 2 aromatic rings. The highest BCUT2D eigenvalue weighted by atomic mass is 35.5. The summed E-state index contributed by atoms with van der Waals surface area (Å²) >= 11 is 12.1. The molecule has 1 heterocycles. The second-order valence-electron chi connectivity index (χ2n) is 4.53. The molecule has 3 nitrogen and oxygen atoms in total. The van der Waals surface area contributed by atoms with E-state index in [1.54, 1.807) is 37.5 Å². The number of hydrogen-bond acceptors (Lipinski definition) is 3. The first-order chi connectivity index (χ1) is 10.1. The van der Waals surface area contributed by atoms with Gasteiger partial charge in [-0.25, -0.2) is 0 Å². The summed E-state index contributed by atoms with van der Waals surface area (Å²) in [6.07, 6.45) is 3.78. The summed E-state index contributed by atoms with van der Waals surface area (Å²) in [6.45, 7) is 2.12. The number of esters is 1. The smallest absolute Gasteiger partial charge is 0.313 e. The molecular weight excluding hydrogens is 309 g/mol. The quantitative estimate of drug-likeness (QED) is 0.771. The number of carbonyl (C=O) groups is 1. The molecule has 0 fully saturated rings. The Balaban J connectivity index is 2.30. The zero-order chi connectivity index (χ0) is 15.2. The van der Waals surface area contributed by atoms with Crippen LogP contribution < -0.4 is 0 Å². The first-order valence-electron chi connectivity index (χ1n) is 6.62. The van der Waals surface area contributed by atoms with Crippen molar-refractivity contribution in [2.75, 3.05) is 6.61 Å². The third-order valence-electron chi connectivity index (χ3n) is 3.10. The van der Waals surface area contributed by atoms with E-state index in [-0.39, 0.29) is 5.97 Å². The molecule has 0 saturated carbocycles. The Kier molecular flexibility index (Phi) is 5.59. The van der Waals surface area contributed by atoms with Crippen LogP contribution in [0, 0.1) is 0 Å². The highest BCUT2D eigenvalue weighted by Crippen LogP contribution is 2.28. The van der Waals surface area contributed by atoms with Crippen LogP contribution in [0.5, 0.6) is 0 Å². The van der Waals surface area contributed by atoms with Crippen molar-refractivity contribution in [3.63, 3.8) is 0 Å². The van der Waals surface area contributed by atoms with Crippen LogP contribution in [0.15, 0.2) is 42.7 Å². The van der Waals surface area contributed by atoms with Gasteiger partial charge in [-0.2, -0.15) is 0 Å². The number of rotatable bonds is 5. The van der Waals surface area contributed by atoms with Crippen molar-refractivity contribution < 1.29 is 9.53 Å². The van der Waals surface area contributed by atoms with E-state index in [0.29, 0.717) is 23.1 Å². The SMILES string of the molecule is CCOC(=O)C(Cc1ccc(Cl)cc1Cl)c1cccnc1. The Bertz CT molecular complexity index is 617. The van der Waals surface area contributed by atoms with Crippen LogP contribution in [-0.2, 0) is 16.0 Å². The zero-order valence-corrected chi connectivity index (χ0v) is 13.1. The van der Waals surface area contributed by atoms with Gasteiger partial charge in [-0.3, -0.25) is 9.78 Å². The minimum atomic E-state index is -0.433. The average molecular weight is 324 g/mol. The molecular formula is C16H15Cl2NO2. The predicted octanol–water partition coefficient (Wildman–Crippen LogP) is 4.28. The maximum absolute atomic E-state index is 12.2. The molecule has 0 amide bonds. The van der Waals surface area contributed by atoms with Gasteiger partial charge in [0.25, 0.3) is 0 Å². The van der Waals surface area contributed by atoms with Crippen molar-refractivity contribution in [2.24, 2.45) is 0 Å². The fourth-order valence-corrected chi connectivity index (χ4v) is 2.55. The number of nitrogens with zero attached hydrogens (tertiary/aromatic N) is 1. The largest absolute Gasteiger partial charge is 0.466 e. The standard InChI is InChI=1S/C16H15Cl2NO2/c1-2-21-16(20)14(12-4-3-7-19-10-12)8-11-5-6-13(17)9-15(11)18/h3-7,9-10,14H,2,8H2,1H3. The Labute approximate surface area is 133 Å². The fraction of sp³-hybridized carbons (Fsp3) is 0.250. The van der Waals surface area contributed by atoms with Gasteiger partial charge >= 0.3 is 5.97 Å². The van der Waals surface area contributed by atoms with Crippen LogP contribution in [-0.4, -0.2) is 17.6 Å². The number of halogens is 2. The van der Waals surface area contributed by atoms with Crippen LogP contribution in [0.25, 0.3) is 0 Å². The number of benzene rings is 1. The molecule has 1 unspecified atom stereocenters. The Morgan fingerprint density at radius 1 is 1.33 bits per heavy atom. The Morgan fingerprint density at radius 3 is 2.76 bits per heavy atom. The molecule has 110 valence electrons. The number of carbonyl (C=O) groups excluding carboxylic acids is 1. The van der Waals surface area contributed by atoms with Crippen molar-refractivity contribution >= 4 is 29.2 Å². The van der Waals surface area contributed by atoms with Crippen LogP contribution in [0.1, 0.15) is 24.0 Å². The van der Waals surface area contributed by atoms with E-state index < -0.39 is 5.92 Å². The van der Waals surface area contributed by atoms with Crippen LogP contribution in [0.2, 0.25) is 10.0 Å². The number of ether oxygens (including phenoxy) is 1. The second kappa shape index (κ2) is 7.43. The Morgan fingerprint density at radius 2 is 2.14 bits per heavy atom. The number of aromatic nitrogens is 1. The van der Waals surface area contributed by atoms with E-state index >= 15 is 0 Å². The van der Waals surface area contributed by atoms with E-state index in [0.717, 1.165) is 11.1 Å². The van der Waals surface area contributed by atoms with Crippen molar-refractivity contribution in [3.05, 3.63) is 63.9 Å². The zero-order valence-electron chi connectivity index (χ0n) is 11.6. The lowest BCUT2D eigenvalue weighted by Crippen LogP contribution is -2.18. The lowest BCUT2D eigenvalue weighted by Gasteiger charge is -2.16. The molecule has 0 radical (unpaired) electrons. The monoisotopic (exact) mass is 323 g/mol. The summed E-state index contributed by atoms with van der Waals surface area (Å²) in [5, 5.41) is 1.11. The highest BCUT2D eigenvalue weighted by molar-refractivity contribution is 6.35. The lowest BCUT2D eigenvalue weighted by molar-refractivity contribution is -0.144. The number of hydrogen-bond donors (Lipinski definition) is 0. The van der Waals surface area contributed by atoms with Crippen LogP contribution in [0.3, 0.4) is 0 Å². The Hall–Kier alpha value is -1.58. The molecule has 1 atom stereocenters. The van der Waals surface area contributed by atoms with Crippen LogP contribution in [0.4, 0.5) is 0 Å². The maximum atomic E-state index is 12.2. The van der Waals surface area contributed by atoms with Gasteiger partial charge in [-0.1, -0.05) is 35.3 Å². The van der Waals surface area contributed by atoms with Gasteiger partial charge in [0.2, 0.25) is 0 Å². The summed E-state index contributed by atoms with van der Waals surface area (Å²) in [7, 11) is 0. The van der Waals surface area contributed by atoms with Crippen molar-refractivity contribution in [1.82, 2.24) is 4.98 Å². The van der Waals surface area contributed by atoms with E-state index in [1.165, 1.54) is 0 Å². The van der Waals surface area contributed by atoms with Gasteiger partial charge in [0, 0.05) is 22.4 Å². The summed E-state index contributed by atoms with van der Waals surface area (Å²) in [5.41, 5.74) is 1.66. The first-order valence-corrected chi connectivity index (χ1v) is 7.38. The van der Waals surface area contributed by atoms with E-state index in [1.807, 2.05) is 12.1 Å².